The summed E-state index contributed by atoms with van der Waals surface area (Å²) in [6, 6.07) is 23.4. The van der Waals surface area contributed by atoms with Crippen molar-refractivity contribution in [2.24, 2.45) is 0 Å². The Kier molecular flexibility index (Phi) is 5.29. The molecule has 1 atom stereocenters. The van der Waals surface area contributed by atoms with Gasteiger partial charge in [0, 0.05) is 21.2 Å². The summed E-state index contributed by atoms with van der Waals surface area (Å²) in [7, 11) is 0. The van der Waals surface area contributed by atoms with Gasteiger partial charge in [0.1, 0.15) is 17.7 Å². The van der Waals surface area contributed by atoms with Crippen molar-refractivity contribution < 1.29 is 4.74 Å². The number of hydrogen-bond acceptors (Lipinski definition) is 5. The molecule has 5 rings (SSSR count). The third kappa shape index (κ3) is 3.86. The SMILES string of the molecule is Clc1ccc(COc2ccc(-c3nnc4n3NC(c3ccccc3)S4)cc2)c(Cl)c1. The maximum atomic E-state index is 6.21. The van der Waals surface area contributed by atoms with Crippen LogP contribution in [0.4, 0.5) is 0 Å². The normalized spacial score (nSPS) is 14.9. The summed E-state index contributed by atoms with van der Waals surface area (Å²) in [6.07, 6.45) is 0. The predicted octanol–water partition coefficient (Wildman–Crippen LogP) is 6.18. The van der Waals surface area contributed by atoms with Gasteiger partial charge in [-0.15, -0.1) is 10.2 Å². The van der Waals surface area contributed by atoms with Crippen LogP contribution in [-0.4, -0.2) is 14.9 Å². The van der Waals surface area contributed by atoms with E-state index in [0.717, 1.165) is 27.9 Å². The Labute approximate surface area is 188 Å². The number of aromatic nitrogens is 3. The lowest BCUT2D eigenvalue weighted by molar-refractivity contribution is 0.306. The van der Waals surface area contributed by atoms with Gasteiger partial charge in [0.25, 0.3) is 0 Å². The van der Waals surface area contributed by atoms with Gasteiger partial charge in [-0.2, -0.15) is 0 Å². The van der Waals surface area contributed by atoms with E-state index in [9.17, 15) is 0 Å². The number of ether oxygens (including phenoxy) is 1. The Morgan fingerprint density at radius 1 is 0.967 bits per heavy atom. The molecular formula is C22H16Cl2N4OS. The van der Waals surface area contributed by atoms with Crippen LogP contribution < -0.4 is 10.2 Å². The summed E-state index contributed by atoms with van der Waals surface area (Å²) >= 11 is 13.8. The van der Waals surface area contributed by atoms with Gasteiger partial charge in [0.2, 0.25) is 5.16 Å². The van der Waals surface area contributed by atoms with Crippen LogP contribution in [0.1, 0.15) is 16.5 Å². The number of halogens is 2. The lowest BCUT2D eigenvalue weighted by Crippen LogP contribution is -2.13. The van der Waals surface area contributed by atoms with Gasteiger partial charge in [-0.1, -0.05) is 71.4 Å². The molecule has 8 heteroatoms. The molecule has 0 saturated carbocycles. The maximum absolute atomic E-state index is 6.21. The molecule has 0 bridgehead atoms. The van der Waals surface area contributed by atoms with Crippen molar-refractivity contribution >= 4 is 35.0 Å². The first-order valence-corrected chi connectivity index (χ1v) is 10.9. The Balaban J connectivity index is 1.29. The molecule has 150 valence electrons. The van der Waals surface area contributed by atoms with Crippen LogP contribution in [0.2, 0.25) is 10.0 Å². The van der Waals surface area contributed by atoms with Gasteiger partial charge in [-0.3, -0.25) is 0 Å². The first-order valence-electron chi connectivity index (χ1n) is 9.28. The fraction of sp³-hybridized carbons (Fsp3) is 0.0909. The Morgan fingerprint density at radius 2 is 1.77 bits per heavy atom. The molecule has 1 aliphatic heterocycles. The van der Waals surface area contributed by atoms with E-state index in [1.54, 1.807) is 23.9 Å². The molecule has 2 heterocycles. The quantitative estimate of drug-likeness (QED) is 0.390. The number of benzene rings is 3. The molecule has 3 aromatic carbocycles. The Hall–Kier alpha value is -2.67. The molecule has 0 radical (unpaired) electrons. The Morgan fingerprint density at radius 3 is 2.53 bits per heavy atom. The largest absolute Gasteiger partial charge is 0.489 e. The average molecular weight is 455 g/mol. The zero-order valence-corrected chi connectivity index (χ0v) is 18.0. The molecule has 30 heavy (non-hydrogen) atoms. The van der Waals surface area contributed by atoms with Crippen LogP contribution in [0.15, 0.2) is 78.0 Å². The molecular weight excluding hydrogens is 439 g/mol. The molecule has 5 nitrogen and oxygen atoms in total. The van der Waals surface area contributed by atoms with Gasteiger partial charge in [0.05, 0.1) is 0 Å². The van der Waals surface area contributed by atoms with E-state index >= 15 is 0 Å². The molecule has 1 unspecified atom stereocenters. The van der Waals surface area contributed by atoms with Crippen molar-refractivity contribution in [2.75, 3.05) is 5.43 Å². The Bertz CT molecular complexity index is 1180. The highest BCUT2D eigenvalue weighted by molar-refractivity contribution is 7.99. The number of fused-ring (bicyclic) bond motifs is 1. The second-order valence-corrected chi connectivity index (χ2v) is 8.64. The van der Waals surface area contributed by atoms with Crippen LogP contribution >= 0.6 is 35.0 Å². The summed E-state index contributed by atoms with van der Waals surface area (Å²) in [5, 5.41) is 10.8. The van der Waals surface area contributed by atoms with E-state index < -0.39 is 0 Å². The fourth-order valence-electron chi connectivity index (χ4n) is 3.17. The highest BCUT2D eigenvalue weighted by Gasteiger charge is 2.27. The van der Waals surface area contributed by atoms with Gasteiger partial charge < -0.3 is 10.2 Å². The minimum Gasteiger partial charge on any atom is -0.489 e. The van der Waals surface area contributed by atoms with Crippen molar-refractivity contribution in [3.63, 3.8) is 0 Å². The van der Waals surface area contributed by atoms with Crippen molar-refractivity contribution in [1.29, 1.82) is 0 Å². The first kappa shape index (κ1) is 19.3. The lowest BCUT2D eigenvalue weighted by atomic mass is 10.2. The third-order valence-corrected chi connectivity index (χ3v) is 6.40. The predicted molar refractivity (Wildman–Crippen MR) is 121 cm³/mol. The number of nitrogens with one attached hydrogen (secondary N) is 1. The topological polar surface area (TPSA) is 52.0 Å². The lowest BCUT2D eigenvalue weighted by Gasteiger charge is -2.12. The smallest absolute Gasteiger partial charge is 0.212 e. The summed E-state index contributed by atoms with van der Waals surface area (Å²) in [6.45, 7) is 0.368. The average Bonchev–Trinajstić information content (AvgIpc) is 3.35. The highest BCUT2D eigenvalue weighted by atomic mass is 35.5. The molecule has 1 N–H and O–H groups in total. The molecule has 1 aromatic heterocycles. The van der Waals surface area contributed by atoms with Crippen molar-refractivity contribution in [1.82, 2.24) is 14.9 Å². The number of rotatable bonds is 5. The second-order valence-electron chi connectivity index (χ2n) is 6.73. The van der Waals surface area contributed by atoms with E-state index in [0.29, 0.717) is 16.7 Å². The number of nitrogens with zero attached hydrogens (tertiary/aromatic N) is 3. The minimum atomic E-state index is 0.113. The molecule has 0 amide bonds. The van der Waals surface area contributed by atoms with E-state index in [2.05, 4.69) is 27.8 Å². The van der Waals surface area contributed by atoms with Crippen LogP contribution in [0.3, 0.4) is 0 Å². The monoisotopic (exact) mass is 454 g/mol. The zero-order valence-electron chi connectivity index (χ0n) is 15.6. The van der Waals surface area contributed by atoms with Crippen LogP contribution in [0.5, 0.6) is 5.75 Å². The van der Waals surface area contributed by atoms with Crippen LogP contribution in [0.25, 0.3) is 11.4 Å². The van der Waals surface area contributed by atoms with E-state index in [4.69, 9.17) is 27.9 Å². The van der Waals surface area contributed by atoms with Gasteiger partial charge in [-0.25, -0.2) is 4.68 Å². The fourth-order valence-corrected chi connectivity index (χ4v) is 4.63. The summed E-state index contributed by atoms with van der Waals surface area (Å²) in [5.41, 5.74) is 6.50. The standard InChI is InChI=1S/C22H16Cl2N4OS/c23-17-9-6-16(19(24)12-17)13-29-18-10-7-14(8-11-18)20-25-26-22-28(20)27-21(30-22)15-4-2-1-3-5-15/h1-12,21,27H,13H2. The summed E-state index contributed by atoms with van der Waals surface area (Å²) < 4.78 is 7.80. The van der Waals surface area contributed by atoms with Crippen molar-refractivity contribution in [2.45, 2.75) is 17.1 Å². The molecule has 4 aromatic rings. The first-order chi connectivity index (χ1) is 14.7. The van der Waals surface area contributed by atoms with Crippen molar-refractivity contribution in [3.8, 4) is 17.1 Å². The number of thioether (sulfide) groups is 1. The summed E-state index contributed by atoms with van der Waals surface area (Å²) in [4.78, 5) is 0. The van der Waals surface area contributed by atoms with Crippen molar-refractivity contribution in [3.05, 3.63) is 94.0 Å². The zero-order chi connectivity index (χ0) is 20.5. The molecule has 0 aliphatic carbocycles. The third-order valence-electron chi connectivity index (χ3n) is 4.73. The minimum absolute atomic E-state index is 0.113. The van der Waals surface area contributed by atoms with Gasteiger partial charge in [0.15, 0.2) is 5.82 Å². The van der Waals surface area contributed by atoms with Crippen LogP contribution in [-0.2, 0) is 6.61 Å². The maximum Gasteiger partial charge on any atom is 0.212 e. The molecule has 0 saturated heterocycles. The molecule has 0 spiro atoms. The molecule has 1 aliphatic rings. The molecule has 0 fully saturated rings. The van der Waals surface area contributed by atoms with E-state index in [1.807, 2.05) is 53.2 Å². The van der Waals surface area contributed by atoms with Crippen LogP contribution in [0, 0.1) is 0 Å². The summed E-state index contributed by atoms with van der Waals surface area (Å²) in [5.74, 6) is 1.51. The van der Waals surface area contributed by atoms with E-state index in [1.165, 1.54) is 5.56 Å². The van der Waals surface area contributed by atoms with Gasteiger partial charge >= 0.3 is 0 Å². The second kappa shape index (κ2) is 8.22. The van der Waals surface area contributed by atoms with Gasteiger partial charge in [-0.05, 0) is 42.0 Å². The highest BCUT2D eigenvalue weighted by Crippen LogP contribution is 2.40. The number of hydrogen-bond donors (Lipinski definition) is 1. The van der Waals surface area contributed by atoms with E-state index in [-0.39, 0.29) is 5.37 Å².